The minimum Gasteiger partial charge on any atom is -0.480 e. The molecule has 0 spiro atoms. The second kappa shape index (κ2) is 6.70. The number of hydrogen-bond acceptors (Lipinski definition) is 5. The van der Waals surface area contributed by atoms with Crippen LogP contribution in [0.3, 0.4) is 0 Å². The van der Waals surface area contributed by atoms with Gasteiger partial charge in [-0.2, -0.15) is 0 Å². The third kappa shape index (κ3) is 4.34. The van der Waals surface area contributed by atoms with E-state index in [9.17, 15) is 19.2 Å². The van der Waals surface area contributed by atoms with E-state index in [0.29, 0.717) is 5.75 Å². The Morgan fingerprint density at radius 1 is 1.47 bits per heavy atom. The van der Waals surface area contributed by atoms with Crippen LogP contribution in [0.15, 0.2) is 0 Å². The summed E-state index contributed by atoms with van der Waals surface area (Å²) in [6.45, 7) is 2.90. The van der Waals surface area contributed by atoms with Crippen molar-refractivity contribution in [3.05, 3.63) is 0 Å². The van der Waals surface area contributed by atoms with E-state index in [0.717, 1.165) is 16.7 Å². The Balaban J connectivity index is 2.72. The molecule has 0 bridgehead atoms. The number of thioether (sulfide) groups is 1. The second-order valence-corrected chi connectivity index (χ2v) is 5.80. The first-order valence-corrected chi connectivity index (χ1v) is 6.99. The Morgan fingerprint density at radius 3 is 2.63 bits per heavy atom. The van der Waals surface area contributed by atoms with Gasteiger partial charge >= 0.3 is 5.97 Å². The molecule has 7 heteroatoms. The number of carboxylic acid groups (broad SMARTS) is 1. The van der Waals surface area contributed by atoms with Crippen LogP contribution in [0.25, 0.3) is 0 Å². The van der Waals surface area contributed by atoms with Crippen LogP contribution >= 0.6 is 11.8 Å². The molecule has 0 aromatic heterocycles. The molecule has 1 saturated heterocycles. The topological polar surface area (TPSA) is 91.8 Å². The molecule has 1 unspecified atom stereocenters. The van der Waals surface area contributed by atoms with E-state index in [1.54, 1.807) is 6.92 Å². The van der Waals surface area contributed by atoms with Crippen molar-refractivity contribution in [2.24, 2.45) is 5.92 Å². The average molecular weight is 287 g/mol. The lowest BCUT2D eigenvalue weighted by Gasteiger charge is -2.33. The highest BCUT2D eigenvalue weighted by Crippen LogP contribution is 2.20. The van der Waals surface area contributed by atoms with E-state index in [1.165, 1.54) is 6.92 Å². The highest BCUT2D eigenvalue weighted by Gasteiger charge is 2.36. The lowest BCUT2D eigenvalue weighted by atomic mass is 9.99. The van der Waals surface area contributed by atoms with E-state index in [-0.39, 0.29) is 36.2 Å². The molecule has 0 aromatic carbocycles. The molecule has 1 fully saturated rings. The zero-order valence-electron chi connectivity index (χ0n) is 10.9. The first-order valence-electron chi connectivity index (χ1n) is 6.01. The van der Waals surface area contributed by atoms with Crippen LogP contribution in [0.5, 0.6) is 0 Å². The molecule has 0 saturated carbocycles. The number of ketones is 1. The molecule has 1 aliphatic heterocycles. The summed E-state index contributed by atoms with van der Waals surface area (Å²) in [5.41, 5.74) is 0. The Labute approximate surface area is 115 Å². The smallest absolute Gasteiger partial charge is 0.326 e. The molecule has 0 aromatic rings. The molecule has 19 heavy (non-hydrogen) atoms. The van der Waals surface area contributed by atoms with Crippen LogP contribution in [-0.2, 0) is 19.2 Å². The number of carboxylic acids is 1. The molecular weight excluding hydrogens is 270 g/mol. The Hall–Kier alpha value is -1.37. The van der Waals surface area contributed by atoms with E-state index < -0.39 is 17.9 Å². The van der Waals surface area contributed by atoms with Crippen molar-refractivity contribution in [2.45, 2.75) is 32.7 Å². The van der Waals surface area contributed by atoms with Crippen LogP contribution in [0.1, 0.15) is 26.7 Å². The summed E-state index contributed by atoms with van der Waals surface area (Å²) in [6.07, 6.45) is 0.351. The average Bonchev–Trinajstić information content (AvgIpc) is 2.34. The van der Waals surface area contributed by atoms with Crippen molar-refractivity contribution in [2.75, 3.05) is 12.3 Å². The Bertz CT molecular complexity index is 409. The zero-order chi connectivity index (χ0) is 14.6. The maximum absolute atomic E-state index is 12.2. The number of hydrogen-bond donors (Lipinski definition) is 1. The van der Waals surface area contributed by atoms with Gasteiger partial charge in [-0.25, -0.2) is 4.79 Å². The number of amides is 1. The van der Waals surface area contributed by atoms with Gasteiger partial charge in [0.15, 0.2) is 10.9 Å². The molecule has 1 aliphatic rings. The normalized spacial score (nSPS) is 21.1. The largest absolute Gasteiger partial charge is 0.480 e. The fourth-order valence-electron chi connectivity index (χ4n) is 1.92. The predicted molar refractivity (Wildman–Crippen MR) is 69.7 cm³/mol. The predicted octanol–water partition coefficient (Wildman–Crippen LogP) is 0.547. The number of piperidine rings is 1. The SMILES string of the molecule is CC(=O)SCC(C)C(=O)N1CC(=O)CC[C@H]1C(=O)O. The third-order valence-electron chi connectivity index (χ3n) is 2.95. The van der Waals surface area contributed by atoms with Crippen molar-refractivity contribution in [3.63, 3.8) is 0 Å². The summed E-state index contributed by atoms with van der Waals surface area (Å²) in [4.78, 5) is 46.6. The molecule has 1 rings (SSSR count). The molecule has 106 valence electrons. The molecule has 1 N–H and O–H groups in total. The number of nitrogens with zero attached hydrogens (tertiary/aromatic N) is 1. The van der Waals surface area contributed by atoms with Crippen molar-refractivity contribution < 1.29 is 24.3 Å². The highest BCUT2D eigenvalue weighted by atomic mass is 32.2. The quantitative estimate of drug-likeness (QED) is 0.811. The Morgan fingerprint density at radius 2 is 2.11 bits per heavy atom. The minimum atomic E-state index is -1.09. The number of rotatable bonds is 4. The summed E-state index contributed by atoms with van der Waals surface area (Å²) in [5, 5.41) is 8.99. The van der Waals surface area contributed by atoms with Crippen molar-refractivity contribution >= 4 is 34.5 Å². The number of aliphatic carboxylic acids is 1. The number of carbonyl (C=O) groups is 4. The summed E-state index contributed by atoms with van der Waals surface area (Å²) >= 11 is 1.02. The van der Waals surface area contributed by atoms with Gasteiger partial charge in [-0.15, -0.1) is 0 Å². The molecule has 1 amide bonds. The minimum absolute atomic E-state index is 0.0934. The van der Waals surface area contributed by atoms with Crippen LogP contribution < -0.4 is 0 Å². The van der Waals surface area contributed by atoms with Crippen molar-refractivity contribution in [1.82, 2.24) is 4.90 Å². The molecular formula is C12H17NO5S. The van der Waals surface area contributed by atoms with E-state index in [1.807, 2.05) is 0 Å². The molecule has 0 aliphatic carbocycles. The fourth-order valence-corrected chi connectivity index (χ4v) is 2.55. The summed E-state index contributed by atoms with van der Waals surface area (Å²) in [6, 6.07) is -0.935. The zero-order valence-corrected chi connectivity index (χ0v) is 11.7. The van der Waals surface area contributed by atoms with Gasteiger partial charge < -0.3 is 10.0 Å². The summed E-state index contributed by atoms with van der Waals surface area (Å²) < 4.78 is 0. The maximum atomic E-state index is 12.2. The summed E-state index contributed by atoms with van der Waals surface area (Å²) in [7, 11) is 0. The summed E-state index contributed by atoms with van der Waals surface area (Å²) in [5.74, 6) is -1.79. The van der Waals surface area contributed by atoms with Gasteiger partial charge in [0.2, 0.25) is 5.91 Å². The fraction of sp³-hybridized carbons (Fsp3) is 0.667. The van der Waals surface area contributed by atoms with E-state index in [4.69, 9.17) is 5.11 Å². The lowest BCUT2D eigenvalue weighted by Crippen LogP contribution is -2.52. The third-order valence-corrected chi connectivity index (χ3v) is 4.02. The van der Waals surface area contributed by atoms with Gasteiger partial charge in [0.05, 0.1) is 6.54 Å². The van der Waals surface area contributed by atoms with Crippen molar-refractivity contribution in [1.29, 1.82) is 0 Å². The first kappa shape index (κ1) is 15.7. The molecule has 1 heterocycles. The van der Waals surface area contributed by atoms with Crippen LogP contribution in [0.4, 0.5) is 0 Å². The molecule has 2 atom stereocenters. The maximum Gasteiger partial charge on any atom is 0.326 e. The number of Topliss-reactive ketones (excluding diaryl/α,β-unsaturated/α-hetero) is 1. The monoisotopic (exact) mass is 287 g/mol. The van der Waals surface area contributed by atoms with Gasteiger partial charge in [0.1, 0.15) is 6.04 Å². The number of carbonyl (C=O) groups excluding carboxylic acids is 3. The molecule has 0 radical (unpaired) electrons. The van der Waals surface area contributed by atoms with Gasteiger partial charge in [0.25, 0.3) is 0 Å². The van der Waals surface area contributed by atoms with Gasteiger partial charge in [0, 0.05) is 25.0 Å². The van der Waals surface area contributed by atoms with Gasteiger partial charge in [-0.05, 0) is 6.42 Å². The Kier molecular flexibility index (Phi) is 5.53. The van der Waals surface area contributed by atoms with E-state index >= 15 is 0 Å². The van der Waals surface area contributed by atoms with Gasteiger partial charge in [-0.1, -0.05) is 18.7 Å². The van der Waals surface area contributed by atoms with Crippen LogP contribution in [-0.4, -0.2) is 51.1 Å². The number of likely N-dealkylation sites (tertiary alicyclic amines) is 1. The van der Waals surface area contributed by atoms with E-state index in [2.05, 4.69) is 0 Å². The van der Waals surface area contributed by atoms with Crippen LogP contribution in [0.2, 0.25) is 0 Å². The highest BCUT2D eigenvalue weighted by molar-refractivity contribution is 8.13. The van der Waals surface area contributed by atoms with Gasteiger partial charge in [-0.3, -0.25) is 14.4 Å². The lowest BCUT2D eigenvalue weighted by molar-refractivity contribution is -0.155. The first-order chi connectivity index (χ1) is 8.82. The second-order valence-electron chi connectivity index (χ2n) is 4.60. The van der Waals surface area contributed by atoms with Crippen molar-refractivity contribution in [3.8, 4) is 0 Å². The molecule has 6 nitrogen and oxygen atoms in total. The standard InChI is InChI=1S/C12H17NO5S/c1-7(6-19-8(2)14)11(16)13-5-9(15)3-4-10(13)12(17)18/h7,10H,3-6H2,1-2H3,(H,17,18)/t7?,10-/m0/s1. The van der Waals surface area contributed by atoms with Crippen LogP contribution in [0, 0.1) is 5.92 Å².